The average molecular weight is 439 g/mol. The fourth-order valence-corrected chi connectivity index (χ4v) is 3.76. The summed E-state index contributed by atoms with van der Waals surface area (Å²) in [5, 5.41) is 15.1. The third kappa shape index (κ3) is 5.13. The number of carbonyl (C=O) groups is 1. The number of carbonyl (C=O) groups excluding carboxylic acids is 1. The maximum atomic E-state index is 14.4. The number of aromatic nitrogens is 2. The Bertz CT molecular complexity index is 799. The third-order valence-corrected chi connectivity index (χ3v) is 5.47. The molecule has 1 saturated heterocycles. The zero-order valence-corrected chi connectivity index (χ0v) is 16.2. The number of halogens is 4. The van der Waals surface area contributed by atoms with Gasteiger partial charge in [-0.3, -0.25) is 4.79 Å². The van der Waals surface area contributed by atoms with Gasteiger partial charge < -0.3 is 20.1 Å². The second-order valence-corrected chi connectivity index (χ2v) is 7.61. The van der Waals surface area contributed by atoms with Gasteiger partial charge in [-0.25, -0.2) is 22.6 Å². The molecule has 162 valence electrons. The molecule has 3 rings (SSSR count). The van der Waals surface area contributed by atoms with Crippen LogP contribution < -0.4 is 15.8 Å². The SMILES string of the molecule is O=C(NC1CCC(F)(F)CC1)O[C@H]1CN(c2cnn(CCO)c(=O)c2Cl)C[C@@H]1F. The van der Waals surface area contributed by atoms with E-state index in [0.717, 1.165) is 4.68 Å². The molecule has 1 saturated carbocycles. The van der Waals surface area contributed by atoms with Crippen molar-refractivity contribution in [2.75, 3.05) is 24.6 Å². The van der Waals surface area contributed by atoms with Crippen molar-refractivity contribution in [3.8, 4) is 0 Å². The van der Waals surface area contributed by atoms with Crippen LogP contribution in [0.5, 0.6) is 0 Å². The van der Waals surface area contributed by atoms with E-state index in [4.69, 9.17) is 21.4 Å². The number of aliphatic hydroxyl groups is 1. The molecule has 1 aliphatic carbocycles. The number of hydrogen-bond donors (Lipinski definition) is 2. The first-order valence-electron chi connectivity index (χ1n) is 9.30. The van der Waals surface area contributed by atoms with Crippen LogP contribution in [0.1, 0.15) is 25.7 Å². The molecule has 0 aromatic carbocycles. The molecule has 0 radical (unpaired) electrons. The molecular weight excluding hydrogens is 417 g/mol. The van der Waals surface area contributed by atoms with Crippen molar-refractivity contribution in [1.82, 2.24) is 15.1 Å². The summed E-state index contributed by atoms with van der Waals surface area (Å²) in [4.78, 5) is 25.6. The Morgan fingerprint density at radius 2 is 2.07 bits per heavy atom. The van der Waals surface area contributed by atoms with E-state index in [-0.39, 0.29) is 62.6 Å². The predicted octanol–water partition coefficient (Wildman–Crippen LogP) is 1.72. The predicted molar refractivity (Wildman–Crippen MR) is 98.3 cm³/mol. The molecule has 2 atom stereocenters. The lowest BCUT2D eigenvalue weighted by Gasteiger charge is -2.29. The Morgan fingerprint density at radius 3 is 2.72 bits per heavy atom. The monoisotopic (exact) mass is 438 g/mol. The minimum Gasteiger partial charge on any atom is -0.441 e. The number of hydrogen-bond acceptors (Lipinski definition) is 6. The molecule has 29 heavy (non-hydrogen) atoms. The van der Waals surface area contributed by atoms with Crippen molar-refractivity contribution in [3.05, 3.63) is 21.6 Å². The molecule has 1 aromatic rings. The second kappa shape index (κ2) is 8.78. The van der Waals surface area contributed by atoms with E-state index in [1.54, 1.807) is 0 Å². The molecule has 0 bridgehead atoms. The van der Waals surface area contributed by atoms with Gasteiger partial charge in [-0.05, 0) is 12.8 Å². The number of ether oxygens (including phenoxy) is 1. The lowest BCUT2D eigenvalue weighted by Crippen LogP contribution is -2.42. The van der Waals surface area contributed by atoms with Gasteiger partial charge >= 0.3 is 6.09 Å². The van der Waals surface area contributed by atoms with Gasteiger partial charge in [0.05, 0.1) is 38.1 Å². The van der Waals surface area contributed by atoms with Gasteiger partial charge in [-0.15, -0.1) is 0 Å². The Morgan fingerprint density at radius 1 is 1.38 bits per heavy atom. The molecular formula is C17H22ClF3N4O4. The van der Waals surface area contributed by atoms with Gasteiger partial charge in [-0.1, -0.05) is 11.6 Å². The fraction of sp³-hybridized carbons (Fsp3) is 0.706. The van der Waals surface area contributed by atoms with Gasteiger partial charge in [-0.2, -0.15) is 5.10 Å². The van der Waals surface area contributed by atoms with Crippen LogP contribution in [0.2, 0.25) is 5.02 Å². The summed E-state index contributed by atoms with van der Waals surface area (Å²) in [6.07, 6.45) is -2.56. The van der Waals surface area contributed by atoms with Crippen LogP contribution >= 0.6 is 11.6 Å². The molecule has 1 aromatic heterocycles. The zero-order chi connectivity index (χ0) is 21.2. The van der Waals surface area contributed by atoms with Crippen molar-refractivity contribution in [1.29, 1.82) is 0 Å². The van der Waals surface area contributed by atoms with Crippen molar-refractivity contribution in [2.24, 2.45) is 0 Å². The van der Waals surface area contributed by atoms with Crippen LogP contribution in [0, 0.1) is 0 Å². The molecule has 2 aliphatic rings. The summed E-state index contributed by atoms with van der Waals surface area (Å²) < 4.78 is 46.8. The molecule has 12 heteroatoms. The second-order valence-electron chi connectivity index (χ2n) is 7.23. The van der Waals surface area contributed by atoms with Crippen LogP contribution in [0.15, 0.2) is 11.0 Å². The maximum absolute atomic E-state index is 14.4. The number of nitrogens with zero attached hydrogens (tertiary/aromatic N) is 3. The molecule has 2 N–H and O–H groups in total. The first-order valence-corrected chi connectivity index (χ1v) is 9.68. The first kappa shape index (κ1) is 21.7. The molecule has 0 spiro atoms. The van der Waals surface area contributed by atoms with Gasteiger partial charge in [0.2, 0.25) is 5.92 Å². The summed E-state index contributed by atoms with van der Waals surface area (Å²) in [5.41, 5.74) is -0.417. The van der Waals surface area contributed by atoms with Gasteiger partial charge in [0.1, 0.15) is 5.02 Å². The number of alkyl halides is 3. The maximum Gasteiger partial charge on any atom is 0.407 e. The number of aliphatic hydroxyl groups excluding tert-OH is 1. The highest BCUT2D eigenvalue weighted by molar-refractivity contribution is 6.33. The Labute approximate surface area is 169 Å². The molecule has 1 amide bonds. The van der Waals surface area contributed by atoms with E-state index in [0.29, 0.717) is 0 Å². The number of alkyl carbamates (subject to hydrolysis) is 1. The summed E-state index contributed by atoms with van der Waals surface area (Å²) >= 11 is 6.07. The standard InChI is InChI=1S/C17H22ClF3N4O4/c18-14-12(7-22-25(5-6-26)15(14)27)24-8-11(19)13(9-24)29-16(28)23-10-1-3-17(20,21)4-2-10/h7,10-11,13,26H,1-6,8-9H2,(H,23,28)/t11-,13-/m0/s1. The smallest absolute Gasteiger partial charge is 0.407 e. The normalized spacial score (nSPS) is 24.5. The molecule has 0 unspecified atom stereocenters. The number of amides is 1. The average Bonchev–Trinajstić information content (AvgIpc) is 3.01. The van der Waals surface area contributed by atoms with E-state index in [9.17, 15) is 22.8 Å². The van der Waals surface area contributed by atoms with Crippen LogP contribution in [-0.2, 0) is 11.3 Å². The van der Waals surface area contributed by atoms with Crippen LogP contribution in [0.25, 0.3) is 0 Å². The van der Waals surface area contributed by atoms with E-state index >= 15 is 0 Å². The van der Waals surface area contributed by atoms with Crippen molar-refractivity contribution >= 4 is 23.4 Å². The first-order chi connectivity index (χ1) is 13.7. The number of rotatable bonds is 5. The molecule has 1 aliphatic heterocycles. The molecule has 2 heterocycles. The number of nitrogens with one attached hydrogen (secondary N) is 1. The molecule has 8 nitrogen and oxygen atoms in total. The van der Waals surface area contributed by atoms with E-state index in [2.05, 4.69) is 10.4 Å². The van der Waals surface area contributed by atoms with Crippen molar-refractivity contribution in [3.63, 3.8) is 0 Å². The highest BCUT2D eigenvalue weighted by Crippen LogP contribution is 2.33. The van der Waals surface area contributed by atoms with Gasteiger partial charge in [0, 0.05) is 18.9 Å². The van der Waals surface area contributed by atoms with E-state index in [1.807, 2.05) is 0 Å². The largest absolute Gasteiger partial charge is 0.441 e. The quantitative estimate of drug-likeness (QED) is 0.726. The number of anilines is 1. The summed E-state index contributed by atoms with van der Waals surface area (Å²) in [6, 6.07) is -0.435. The lowest BCUT2D eigenvalue weighted by atomic mass is 9.92. The fourth-order valence-electron chi connectivity index (χ4n) is 3.50. The third-order valence-electron chi connectivity index (χ3n) is 5.12. The van der Waals surface area contributed by atoms with E-state index < -0.39 is 35.9 Å². The minimum atomic E-state index is -2.71. The summed E-state index contributed by atoms with van der Waals surface area (Å²) in [7, 11) is 0. The van der Waals surface area contributed by atoms with Gasteiger partial charge in [0.15, 0.2) is 12.3 Å². The summed E-state index contributed by atoms with van der Waals surface area (Å²) in [5.74, 6) is -2.71. The summed E-state index contributed by atoms with van der Waals surface area (Å²) in [6.45, 7) is -0.507. The van der Waals surface area contributed by atoms with E-state index in [1.165, 1.54) is 11.1 Å². The molecule has 2 fully saturated rings. The van der Waals surface area contributed by atoms with Crippen LogP contribution in [0.4, 0.5) is 23.7 Å². The zero-order valence-electron chi connectivity index (χ0n) is 15.5. The van der Waals surface area contributed by atoms with Crippen LogP contribution in [-0.4, -0.2) is 64.9 Å². The highest BCUT2D eigenvalue weighted by atomic mass is 35.5. The Kier molecular flexibility index (Phi) is 6.57. The topological polar surface area (TPSA) is 96.7 Å². The highest BCUT2D eigenvalue weighted by Gasteiger charge is 2.39. The van der Waals surface area contributed by atoms with Gasteiger partial charge in [0.25, 0.3) is 5.56 Å². The minimum absolute atomic E-state index is 0.0242. The van der Waals surface area contributed by atoms with Crippen molar-refractivity contribution < 1.29 is 27.8 Å². The lowest BCUT2D eigenvalue weighted by molar-refractivity contribution is -0.0408. The Hall–Kier alpha value is -2.01. The van der Waals surface area contributed by atoms with Crippen molar-refractivity contribution in [2.45, 2.75) is 56.5 Å². The Balaban J connectivity index is 1.58. The van der Waals surface area contributed by atoms with Crippen LogP contribution in [0.3, 0.4) is 0 Å².